The van der Waals surface area contributed by atoms with E-state index in [9.17, 15) is 4.79 Å². The molecule has 0 fully saturated rings. The van der Waals surface area contributed by atoms with Gasteiger partial charge in [0.1, 0.15) is 5.75 Å². The number of hydrogen-bond donors (Lipinski definition) is 0. The van der Waals surface area contributed by atoms with E-state index >= 15 is 0 Å². The zero-order valence-corrected chi connectivity index (χ0v) is 10.7. The molecular weight excluding hydrogens is 242 g/mol. The molecule has 98 valence electrons. The van der Waals surface area contributed by atoms with E-state index in [1.54, 1.807) is 31.5 Å². The zero-order chi connectivity index (χ0) is 13.5. The number of aromatic nitrogens is 1. The van der Waals surface area contributed by atoms with Crippen LogP contribution in [0.25, 0.3) is 0 Å². The van der Waals surface area contributed by atoms with Crippen molar-refractivity contribution in [3.63, 3.8) is 0 Å². The molecule has 4 heteroatoms. The number of pyridine rings is 1. The van der Waals surface area contributed by atoms with Crippen molar-refractivity contribution in [2.45, 2.75) is 13.0 Å². The monoisotopic (exact) mass is 257 g/mol. The largest absolute Gasteiger partial charge is 0.472 e. The highest BCUT2D eigenvalue weighted by Gasteiger charge is 2.23. The first kappa shape index (κ1) is 13.1. The van der Waals surface area contributed by atoms with Crippen LogP contribution in [0.3, 0.4) is 0 Å². The van der Waals surface area contributed by atoms with Crippen molar-refractivity contribution in [1.29, 1.82) is 0 Å². The summed E-state index contributed by atoms with van der Waals surface area (Å²) in [5, 5.41) is 0. The number of esters is 1. The smallest absolute Gasteiger partial charge is 0.352 e. The quantitative estimate of drug-likeness (QED) is 0.773. The number of nitrogens with zero attached hydrogens (tertiary/aromatic N) is 1. The molecule has 1 unspecified atom stereocenters. The molecule has 2 rings (SSSR count). The van der Waals surface area contributed by atoms with Gasteiger partial charge < -0.3 is 9.47 Å². The average Bonchev–Trinajstić information content (AvgIpc) is 2.47. The molecule has 2 aromatic rings. The molecule has 0 N–H and O–H groups in total. The van der Waals surface area contributed by atoms with Gasteiger partial charge in [0.05, 0.1) is 12.8 Å². The lowest BCUT2D eigenvalue weighted by molar-refractivity contribution is -0.151. The van der Waals surface area contributed by atoms with Gasteiger partial charge in [0.15, 0.2) is 0 Å². The summed E-state index contributed by atoms with van der Waals surface area (Å²) < 4.78 is 10.7. The molecule has 0 saturated heterocycles. The van der Waals surface area contributed by atoms with E-state index in [4.69, 9.17) is 9.47 Å². The molecule has 0 amide bonds. The molecule has 19 heavy (non-hydrogen) atoms. The second-order valence-corrected chi connectivity index (χ2v) is 3.85. The molecule has 1 atom stereocenters. The topological polar surface area (TPSA) is 48.4 Å². The average molecular weight is 257 g/mol. The first-order valence-corrected chi connectivity index (χ1v) is 6.09. The van der Waals surface area contributed by atoms with Gasteiger partial charge >= 0.3 is 5.97 Å². The molecular formula is C15H15NO3. The first-order valence-electron chi connectivity index (χ1n) is 6.09. The predicted octanol–water partition coefficient (Wildman–Crippen LogP) is 2.76. The lowest BCUT2D eigenvalue weighted by Crippen LogP contribution is -2.21. The van der Waals surface area contributed by atoms with E-state index in [1.165, 1.54) is 0 Å². The van der Waals surface area contributed by atoms with Crippen LogP contribution in [-0.4, -0.2) is 17.6 Å². The Balaban J connectivity index is 2.22. The fourth-order valence-corrected chi connectivity index (χ4v) is 1.65. The number of ether oxygens (including phenoxy) is 2. The second kappa shape index (κ2) is 6.54. The number of hydrogen-bond acceptors (Lipinski definition) is 4. The normalized spacial score (nSPS) is 11.6. The van der Waals surface area contributed by atoms with Crippen molar-refractivity contribution in [2.24, 2.45) is 0 Å². The standard InChI is InChI=1S/C15H15NO3/c1-2-18-15(17)14(12-7-4-3-5-8-12)19-13-9-6-10-16-11-13/h3-11,14H,2H2,1H3. The van der Waals surface area contributed by atoms with Crippen LogP contribution in [0, 0.1) is 0 Å². The van der Waals surface area contributed by atoms with Gasteiger partial charge in [0.25, 0.3) is 0 Å². The minimum absolute atomic E-state index is 0.318. The van der Waals surface area contributed by atoms with Crippen molar-refractivity contribution >= 4 is 5.97 Å². The lowest BCUT2D eigenvalue weighted by atomic mass is 10.1. The van der Waals surface area contributed by atoms with E-state index in [0.29, 0.717) is 12.4 Å². The van der Waals surface area contributed by atoms with Gasteiger partial charge in [-0.25, -0.2) is 4.79 Å². The van der Waals surface area contributed by atoms with Gasteiger partial charge in [-0.15, -0.1) is 0 Å². The Bertz CT molecular complexity index is 513. The minimum atomic E-state index is -0.773. The molecule has 0 aliphatic heterocycles. The van der Waals surface area contributed by atoms with Crippen molar-refractivity contribution in [3.8, 4) is 5.75 Å². The van der Waals surface area contributed by atoms with E-state index in [2.05, 4.69) is 4.98 Å². The summed E-state index contributed by atoms with van der Waals surface area (Å²) in [4.78, 5) is 15.9. The third kappa shape index (κ3) is 3.55. The Morgan fingerprint density at radius 3 is 2.63 bits per heavy atom. The molecule has 4 nitrogen and oxygen atoms in total. The highest BCUT2D eigenvalue weighted by Crippen LogP contribution is 2.22. The molecule has 0 radical (unpaired) electrons. The van der Waals surface area contributed by atoms with Crippen LogP contribution in [0.15, 0.2) is 54.9 Å². The van der Waals surface area contributed by atoms with Gasteiger partial charge in [-0.1, -0.05) is 30.3 Å². The molecule has 0 saturated carbocycles. The van der Waals surface area contributed by atoms with Crippen LogP contribution in [0.4, 0.5) is 0 Å². The number of benzene rings is 1. The van der Waals surface area contributed by atoms with Crippen molar-refractivity contribution < 1.29 is 14.3 Å². The molecule has 1 heterocycles. The van der Waals surface area contributed by atoms with Crippen LogP contribution < -0.4 is 4.74 Å². The van der Waals surface area contributed by atoms with Gasteiger partial charge in [-0.05, 0) is 19.1 Å². The van der Waals surface area contributed by atoms with Gasteiger partial charge in [0, 0.05) is 11.8 Å². The van der Waals surface area contributed by atoms with E-state index < -0.39 is 12.1 Å². The van der Waals surface area contributed by atoms with Crippen LogP contribution in [0.2, 0.25) is 0 Å². The van der Waals surface area contributed by atoms with Gasteiger partial charge in [-0.2, -0.15) is 0 Å². The summed E-state index contributed by atoms with van der Waals surface area (Å²) in [6, 6.07) is 12.8. The van der Waals surface area contributed by atoms with E-state index in [1.807, 2.05) is 30.3 Å². The van der Waals surface area contributed by atoms with Crippen molar-refractivity contribution in [2.75, 3.05) is 6.61 Å². The third-order valence-corrected chi connectivity index (χ3v) is 2.49. The fourth-order valence-electron chi connectivity index (χ4n) is 1.65. The Morgan fingerprint density at radius 2 is 2.00 bits per heavy atom. The summed E-state index contributed by atoms with van der Waals surface area (Å²) in [6.45, 7) is 2.09. The van der Waals surface area contributed by atoms with Gasteiger partial charge in [0.2, 0.25) is 6.10 Å². The van der Waals surface area contributed by atoms with E-state index in [-0.39, 0.29) is 0 Å². The molecule has 0 aliphatic rings. The molecule has 0 bridgehead atoms. The number of carbonyl (C=O) groups excluding carboxylic acids is 1. The molecule has 0 spiro atoms. The number of rotatable bonds is 5. The second-order valence-electron chi connectivity index (χ2n) is 3.85. The maximum Gasteiger partial charge on any atom is 0.352 e. The van der Waals surface area contributed by atoms with Crippen LogP contribution >= 0.6 is 0 Å². The predicted molar refractivity (Wildman–Crippen MR) is 70.7 cm³/mol. The maximum absolute atomic E-state index is 12.0. The summed E-state index contributed by atoms with van der Waals surface area (Å²) in [6.07, 6.45) is 2.44. The highest BCUT2D eigenvalue weighted by molar-refractivity contribution is 5.77. The summed E-state index contributed by atoms with van der Waals surface area (Å²) in [7, 11) is 0. The fraction of sp³-hybridized carbons (Fsp3) is 0.200. The Morgan fingerprint density at radius 1 is 1.21 bits per heavy atom. The SMILES string of the molecule is CCOC(=O)C(Oc1cccnc1)c1ccccc1. The van der Waals surface area contributed by atoms with Crippen molar-refractivity contribution in [3.05, 3.63) is 60.4 Å². The van der Waals surface area contributed by atoms with Crippen LogP contribution in [0.5, 0.6) is 5.75 Å². The Labute approximate surface area is 112 Å². The Hall–Kier alpha value is -2.36. The van der Waals surface area contributed by atoms with Crippen LogP contribution in [-0.2, 0) is 9.53 Å². The lowest BCUT2D eigenvalue weighted by Gasteiger charge is -2.17. The zero-order valence-electron chi connectivity index (χ0n) is 10.7. The highest BCUT2D eigenvalue weighted by atomic mass is 16.6. The first-order chi connectivity index (χ1) is 9.31. The third-order valence-electron chi connectivity index (χ3n) is 2.49. The molecule has 1 aromatic heterocycles. The van der Waals surface area contributed by atoms with Gasteiger partial charge in [-0.3, -0.25) is 4.98 Å². The summed E-state index contributed by atoms with van der Waals surface area (Å²) in [5.74, 6) is 0.127. The van der Waals surface area contributed by atoms with Crippen LogP contribution in [0.1, 0.15) is 18.6 Å². The van der Waals surface area contributed by atoms with E-state index in [0.717, 1.165) is 5.56 Å². The minimum Gasteiger partial charge on any atom is -0.472 e. The maximum atomic E-state index is 12.0. The number of carbonyl (C=O) groups is 1. The molecule has 1 aromatic carbocycles. The summed E-state index contributed by atoms with van der Waals surface area (Å²) >= 11 is 0. The Kier molecular flexibility index (Phi) is 4.50. The van der Waals surface area contributed by atoms with Crippen molar-refractivity contribution in [1.82, 2.24) is 4.98 Å². The summed E-state index contributed by atoms with van der Waals surface area (Å²) in [5.41, 5.74) is 0.754. The molecule has 0 aliphatic carbocycles.